The van der Waals surface area contributed by atoms with E-state index in [0.717, 1.165) is 19.5 Å². The number of aliphatic hydroxyl groups is 1. The summed E-state index contributed by atoms with van der Waals surface area (Å²) in [5.41, 5.74) is 0. The quantitative estimate of drug-likeness (QED) is 0.659. The largest absolute Gasteiger partial charge is 0.393 e. The predicted octanol–water partition coefficient (Wildman–Crippen LogP) is 2.27. The molecule has 0 aromatic heterocycles. The molecule has 0 aliphatic heterocycles. The summed E-state index contributed by atoms with van der Waals surface area (Å²) in [7, 11) is 0. The van der Waals surface area contributed by atoms with Gasteiger partial charge in [-0.1, -0.05) is 19.8 Å². The van der Waals surface area contributed by atoms with Crippen LogP contribution in [0.25, 0.3) is 0 Å². The normalized spacial score (nSPS) is 26.8. The first kappa shape index (κ1) is 13.3. The Morgan fingerprint density at radius 1 is 1.33 bits per heavy atom. The lowest BCUT2D eigenvalue weighted by Crippen LogP contribution is -2.34. The number of rotatable bonds is 7. The van der Waals surface area contributed by atoms with Crippen molar-refractivity contribution in [1.29, 1.82) is 0 Å². The molecule has 0 amide bonds. The Morgan fingerprint density at radius 2 is 2.13 bits per heavy atom. The van der Waals surface area contributed by atoms with E-state index in [9.17, 15) is 5.11 Å². The van der Waals surface area contributed by atoms with Gasteiger partial charge in [-0.3, -0.25) is 0 Å². The van der Waals surface area contributed by atoms with Gasteiger partial charge in [0.25, 0.3) is 0 Å². The highest BCUT2D eigenvalue weighted by Gasteiger charge is 2.21. The SMILES string of the molecule is CCSCCCNCC1CCCCC1O. The number of thioether (sulfide) groups is 1. The van der Waals surface area contributed by atoms with E-state index >= 15 is 0 Å². The fraction of sp³-hybridized carbons (Fsp3) is 1.00. The van der Waals surface area contributed by atoms with Crippen LogP contribution in [0.5, 0.6) is 0 Å². The predicted molar refractivity (Wildman–Crippen MR) is 68.5 cm³/mol. The smallest absolute Gasteiger partial charge is 0.0580 e. The second kappa shape index (κ2) is 8.43. The minimum atomic E-state index is -0.0451. The van der Waals surface area contributed by atoms with E-state index in [1.54, 1.807) is 0 Å². The molecule has 0 heterocycles. The second-order valence-electron chi connectivity index (χ2n) is 4.37. The van der Waals surface area contributed by atoms with Crippen molar-refractivity contribution < 1.29 is 5.11 Å². The fourth-order valence-electron chi connectivity index (χ4n) is 2.16. The van der Waals surface area contributed by atoms with Crippen molar-refractivity contribution in [3.8, 4) is 0 Å². The molecule has 1 aliphatic rings. The van der Waals surface area contributed by atoms with E-state index < -0.39 is 0 Å². The first-order chi connectivity index (χ1) is 7.34. The molecule has 1 rings (SSSR count). The van der Waals surface area contributed by atoms with Gasteiger partial charge in [-0.05, 0) is 43.2 Å². The molecule has 0 aromatic rings. The molecule has 15 heavy (non-hydrogen) atoms. The summed E-state index contributed by atoms with van der Waals surface area (Å²) < 4.78 is 0. The van der Waals surface area contributed by atoms with Crippen LogP contribution < -0.4 is 5.32 Å². The van der Waals surface area contributed by atoms with Gasteiger partial charge < -0.3 is 10.4 Å². The van der Waals surface area contributed by atoms with Crippen LogP contribution in [0.2, 0.25) is 0 Å². The Bertz CT molecular complexity index is 155. The van der Waals surface area contributed by atoms with Gasteiger partial charge in [-0.15, -0.1) is 0 Å². The van der Waals surface area contributed by atoms with Gasteiger partial charge in [-0.2, -0.15) is 11.8 Å². The molecular weight excluding hydrogens is 206 g/mol. The maximum atomic E-state index is 9.77. The van der Waals surface area contributed by atoms with Crippen LogP contribution in [0.3, 0.4) is 0 Å². The maximum Gasteiger partial charge on any atom is 0.0580 e. The highest BCUT2D eigenvalue weighted by molar-refractivity contribution is 7.99. The molecule has 0 saturated heterocycles. The van der Waals surface area contributed by atoms with Crippen molar-refractivity contribution in [1.82, 2.24) is 5.32 Å². The lowest BCUT2D eigenvalue weighted by molar-refractivity contribution is 0.0698. The van der Waals surface area contributed by atoms with Crippen LogP contribution in [0, 0.1) is 5.92 Å². The van der Waals surface area contributed by atoms with Crippen LogP contribution in [0.15, 0.2) is 0 Å². The van der Waals surface area contributed by atoms with E-state index in [-0.39, 0.29) is 6.10 Å². The average molecular weight is 231 g/mol. The van der Waals surface area contributed by atoms with Crippen molar-refractivity contribution >= 4 is 11.8 Å². The third-order valence-corrected chi connectivity index (χ3v) is 4.11. The zero-order valence-corrected chi connectivity index (χ0v) is 10.7. The van der Waals surface area contributed by atoms with Crippen molar-refractivity contribution in [3.05, 3.63) is 0 Å². The van der Waals surface area contributed by atoms with E-state index in [4.69, 9.17) is 0 Å². The minimum absolute atomic E-state index is 0.0451. The van der Waals surface area contributed by atoms with Gasteiger partial charge in [0.2, 0.25) is 0 Å². The van der Waals surface area contributed by atoms with E-state index in [1.807, 2.05) is 11.8 Å². The Kier molecular flexibility index (Phi) is 7.49. The standard InChI is InChI=1S/C12H25NOS/c1-2-15-9-5-8-13-10-11-6-3-4-7-12(11)14/h11-14H,2-10H2,1H3. The molecule has 1 aliphatic carbocycles. The topological polar surface area (TPSA) is 32.3 Å². The lowest BCUT2D eigenvalue weighted by Gasteiger charge is -2.27. The van der Waals surface area contributed by atoms with Crippen molar-refractivity contribution in [2.45, 2.75) is 45.1 Å². The second-order valence-corrected chi connectivity index (χ2v) is 5.76. The summed E-state index contributed by atoms with van der Waals surface area (Å²) >= 11 is 2.01. The Labute approximate surface area is 98.2 Å². The number of nitrogens with one attached hydrogen (secondary N) is 1. The van der Waals surface area contributed by atoms with Crippen molar-refractivity contribution in [2.75, 3.05) is 24.6 Å². The van der Waals surface area contributed by atoms with E-state index in [2.05, 4.69) is 12.2 Å². The zero-order chi connectivity index (χ0) is 10.9. The summed E-state index contributed by atoms with van der Waals surface area (Å²) in [4.78, 5) is 0. The van der Waals surface area contributed by atoms with Crippen LogP contribution in [-0.2, 0) is 0 Å². The molecule has 1 saturated carbocycles. The summed E-state index contributed by atoms with van der Waals surface area (Å²) in [6.07, 6.45) is 5.94. The molecule has 2 unspecified atom stereocenters. The summed E-state index contributed by atoms with van der Waals surface area (Å²) in [5.74, 6) is 3.00. The Hall–Kier alpha value is 0.270. The molecule has 2 atom stereocenters. The Balaban J connectivity index is 1.94. The minimum Gasteiger partial charge on any atom is -0.393 e. The van der Waals surface area contributed by atoms with Crippen LogP contribution in [0.4, 0.5) is 0 Å². The van der Waals surface area contributed by atoms with Crippen molar-refractivity contribution in [3.63, 3.8) is 0 Å². The monoisotopic (exact) mass is 231 g/mol. The van der Waals surface area contributed by atoms with Gasteiger partial charge in [-0.25, -0.2) is 0 Å². The Morgan fingerprint density at radius 3 is 2.87 bits per heavy atom. The van der Waals surface area contributed by atoms with E-state index in [0.29, 0.717) is 5.92 Å². The fourth-order valence-corrected chi connectivity index (χ4v) is 2.79. The van der Waals surface area contributed by atoms with E-state index in [1.165, 1.54) is 37.2 Å². The molecule has 1 fully saturated rings. The third-order valence-electron chi connectivity index (χ3n) is 3.12. The lowest BCUT2D eigenvalue weighted by atomic mass is 9.86. The van der Waals surface area contributed by atoms with Crippen LogP contribution in [-0.4, -0.2) is 35.8 Å². The molecule has 2 nitrogen and oxygen atoms in total. The summed E-state index contributed by atoms with van der Waals surface area (Å²) in [5, 5.41) is 13.2. The van der Waals surface area contributed by atoms with Gasteiger partial charge in [0, 0.05) is 6.54 Å². The van der Waals surface area contributed by atoms with Crippen LogP contribution in [0.1, 0.15) is 39.0 Å². The third kappa shape index (κ3) is 5.79. The number of aliphatic hydroxyl groups excluding tert-OH is 1. The molecule has 0 bridgehead atoms. The van der Waals surface area contributed by atoms with Crippen molar-refractivity contribution in [2.24, 2.45) is 5.92 Å². The molecule has 0 aromatic carbocycles. The van der Waals surface area contributed by atoms with Gasteiger partial charge in [0.1, 0.15) is 0 Å². The molecule has 0 radical (unpaired) electrons. The molecule has 0 spiro atoms. The number of hydrogen-bond acceptors (Lipinski definition) is 3. The molecular formula is C12H25NOS. The summed E-state index contributed by atoms with van der Waals surface area (Å²) in [6.45, 7) is 4.32. The molecule has 2 N–H and O–H groups in total. The van der Waals surface area contributed by atoms with Gasteiger partial charge in [0.15, 0.2) is 0 Å². The van der Waals surface area contributed by atoms with Gasteiger partial charge >= 0.3 is 0 Å². The highest BCUT2D eigenvalue weighted by Crippen LogP contribution is 2.23. The first-order valence-electron chi connectivity index (χ1n) is 6.31. The van der Waals surface area contributed by atoms with Gasteiger partial charge in [0.05, 0.1) is 6.10 Å². The zero-order valence-electron chi connectivity index (χ0n) is 9.87. The number of hydrogen-bond donors (Lipinski definition) is 2. The first-order valence-corrected chi connectivity index (χ1v) is 7.46. The average Bonchev–Trinajstić information content (AvgIpc) is 2.25. The summed E-state index contributed by atoms with van der Waals surface area (Å²) in [6, 6.07) is 0. The highest BCUT2D eigenvalue weighted by atomic mass is 32.2. The van der Waals surface area contributed by atoms with Crippen LogP contribution >= 0.6 is 11.8 Å². The maximum absolute atomic E-state index is 9.77. The molecule has 90 valence electrons. The molecule has 3 heteroatoms.